The monoisotopic (exact) mass is 247 g/mol. The molecule has 7 heteroatoms. The second-order valence-corrected chi connectivity index (χ2v) is 4.59. The van der Waals surface area contributed by atoms with Crippen LogP contribution in [0, 0.1) is 5.92 Å². The number of aromatic carboxylic acids is 1. The van der Waals surface area contributed by atoms with Crippen molar-refractivity contribution in [2.24, 2.45) is 5.92 Å². The summed E-state index contributed by atoms with van der Waals surface area (Å²) in [5.41, 5.74) is 6.16. The van der Waals surface area contributed by atoms with E-state index in [1.54, 1.807) is 4.68 Å². The van der Waals surface area contributed by atoms with Gasteiger partial charge in [-0.05, 0) is 18.8 Å². The number of aromatic nitrogens is 4. The van der Waals surface area contributed by atoms with E-state index in [0.717, 1.165) is 12.8 Å². The number of fused-ring (bicyclic) bond motifs is 1. The summed E-state index contributed by atoms with van der Waals surface area (Å²) in [7, 11) is 0. The van der Waals surface area contributed by atoms with Crippen LogP contribution in [0.1, 0.15) is 29.8 Å². The molecule has 3 N–H and O–H groups in total. The summed E-state index contributed by atoms with van der Waals surface area (Å²) in [4.78, 5) is 19.1. The van der Waals surface area contributed by atoms with Crippen LogP contribution in [0.25, 0.3) is 11.0 Å². The van der Waals surface area contributed by atoms with E-state index >= 15 is 0 Å². The van der Waals surface area contributed by atoms with Crippen molar-refractivity contribution in [3.63, 3.8) is 0 Å². The molecule has 2 aromatic rings. The number of nitrogens with zero attached hydrogens (tertiary/aromatic N) is 4. The number of nitrogens with two attached hydrogens (primary N) is 1. The van der Waals surface area contributed by atoms with Crippen LogP contribution in [0.2, 0.25) is 0 Å². The van der Waals surface area contributed by atoms with Crippen LogP contribution in [0.15, 0.2) is 6.33 Å². The summed E-state index contributed by atoms with van der Waals surface area (Å²) in [5, 5.41) is 13.6. The first-order valence-electron chi connectivity index (χ1n) is 5.87. The van der Waals surface area contributed by atoms with Crippen molar-refractivity contribution >= 4 is 22.8 Å². The molecule has 7 nitrogen and oxygen atoms in total. The van der Waals surface area contributed by atoms with Gasteiger partial charge in [-0.1, -0.05) is 6.42 Å². The zero-order valence-corrected chi connectivity index (χ0v) is 9.70. The first-order valence-corrected chi connectivity index (χ1v) is 5.87. The summed E-state index contributed by atoms with van der Waals surface area (Å²) < 4.78 is 1.64. The number of hydrogen-bond acceptors (Lipinski definition) is 5. The highest BCUT2D eigenvalue weighted by Crippen LogP contribution is 2.29. The zero-order chi connectivity index (χ0) is 12.7. The highest BCUT2D eigenvalue weighted by Gasteiger charge is 2.24. The Morgan fingerprint density at radius 2 is 2.28 bits per heavy atom. The van der Waals surface area contributed by atoms with E-state index in [4.69, 9.17) is 10.8 Å². The van der Waals surface area contributed by atoms with Crippen molar-refractivity contribution in [1.29, 1.82) is 0 Å². The van der Waals surface area contributed by atoms with Crippen molar-refractivity contribution in [2.75, 3.05) is 5.73 Å². The second-order valence-electron chi connectivity index (χ2n) is 4.59. The summed E-state index contributed by atoms with van der Waals surface area (Å²) in [6, 6.07) is 0. The lowest BCUT2D eigenvalue weighted by Crippen LogP contribution is -2.19. The van der Waals surface area contributed by atoms with Gasteiger partial charge in [-0.3, -0.25) is 0 Å². The molecule has 0 spiro atoms. The van der Waals surface area contributed by atoms with Gasteiger partial charge in [0.2, 0.25) is 0 Å². The molecule has 1 saturated carbocycles. The summed E-state index contributed by atoms with van der Waals surface area (Å²) in [5.74, 6) is -0.378. The number of carboxylic acid groups (broad SMARTS) is 1. The molecule has 18 heavy (non-hydrogen) atoms. The van der Waals surface area contributed by atoms with E-state index in [9.17, 15) is 4.79 Å². The molecule has 94 valence electrons. The van der Waals surface area contributed by atoms with Crippen LogP contribution < -0.4 is 5.73 Å². The zero-order valence-electron chi connectivity index (χ0n) is 9.70. The van der Waals surface area contributed by atoms with Gasteiger partial charge in [0.1, 0.15) is 12.1 Å². The van der Waals surface area contributed by atoms with Crippen molar-refractivity contribution in [3.8, 4) is 0 Å². The molecule has 2 aromatic heterocycles. The minimum Gasteiger partial charge on any atom is -0.476 e. The molecule has 0 atom stereocenters. The molecule has 1 fully saturated rings. The van der Waals surface area contributed by atoms with Crippen molar-refractivity contribution in [3.05, 3.63) is 12.0 Å². The largest absolute Gasteiger partial charge is 0.476 e. The van der Waals surface area contributed by atoms with Crippen molar-refractivity contribution in [2.45, 2.75) is 25.8 Å². The minimum atomic E-state index is -1.10. The second kappa shape index (κ2) is 3.94. The number of hydrogen-bond donors (Lipinski definition) is 2. The molecular weight excluding hydrogens is 234 g/mol. The Morgan fingerprint density at radius 1 is 1.50 bits per heavy atom. The summed E-state index contributed by atoms with van der Waals surface area (Å²) >= 11 is 0. The minimum absolute atomic E-state index is 0.0672. The van der Waals surface area contributed by atoms with E-state index < -0.39 is 5.97 Å². The van der Waals surface area contributed by atoms with Gasteiger partial charge in [0.15, 0.2) is 11.3 Å². The Balaban J connectivity index is 2.13. The molecule has 1 aliphatic rings. The molecule has 0 aromatic carbocycles. The number of carboxylic acids is 1. The SMILES string of the molecule is Nc1ncnc2c1c(C(=O)O)nn2CC1CCC1. The van der Waals surface area contributed by atoms with E-state index in [0.29, 0.717) is 23.5 Å². The standard InChI is InChI=1S/C11H13N5O2/c12-9-7-8(11(17)18)15-16(4-6-2-1-3-6)10(7)14-5-13-9/h5-6H,1-4H2,(H,17,18)(H2,12,13,14). The number of carbonyl (C=O) groups is 1. The number of anilines is 1. The van der Waals surface area contributed by atoms with Crippen LogP contribution in [-0.2, 0) is 6.54 Å². The van der Waals surface area contributed by atoms with Gasteiger partial charge in [0, 0.05) is 6.54 Å². The van der Waals surface area contributed by atoms with Gasteiger partial charge < -0.3 is 10.8 Å². The molecule has 0 radical (unpaired) electrons. The molecule has 0 amide bonds. The fourth-order valence-electron chi connectivity index (χ4n) is 2.23. The normalized spacial score (nSPS) is 15.8. The Labute approximate surface area is 103 Å². The first-order chi connectivity index (χ1) is 8.66. The quantitative estimate of drug-likeness (QED) is 0.834. The smallest absolute Gasteiger partial charge is 0.357 e. The Bertz CT molecular complexity index is 617. The average molecular weight is 247 g/mol. The molecular formula is C11H13N5O2. The Morgan fingerprint density at radius 3 is 2.89 bits per heavy atom. The van der Waals surface area contributed by atoms with Gasteiger partial charge in [0.05, 0.1) is 5.39 Å². The van der Waals surface area contributed by atoms with E-state index in [1.807, 2.05) is 0 Å². The number of rotatable bonds is 3. The lowest BCUT2D eigenvalue weighted by atomic mass is 9.85. The Hall–Kier alpha value is -2.18. The molecule has 0 unspecified atom stereocenters. The fraction of sp³-hybridized carbons (Fsp3) is 0.455. The van der Waals surface area contributed by atoms with Gasteiger partial charge in [-0.2, -0.15) is 5.10 Å². The Kier molecular flexibility index (Phi) is 2.39. The van der Waals surface area contributed by atoms with Crippen molar-refractivity contribution in [1.82, 2.24) is 19.7 Å². The number of nitrogen functional groups attached to an aromatic ring is 1. The summed E-state index contributed by atoms with van der Waals surface area (Å²) in [6.07, 6.45) is 4.88. The highest BCUT2D eigenvalue weighted by atomic mass is 16.4. The third kappa shape index (κ3) is 1.59. The lowest BCUT2D eigenvalue weighted by Gasteiger charge is -2.24. The molecule has 0 aliphatic heterocycles. The van der Waals surface area contributed by atoms with Crippen LogP contribution in [0.4, 0.5) is 5.82 Å². The van der Waals surface area contributed by atoms with Gasteiger partial charge >= 0.3 is 5.97 Å². The van der Waals surface area contributed by atoms with Gasteiger partial charge in [-0.15, -0.1) is 0 Å². The maximum absolute atomic E-state index is 11.2. The maximum atomic E-state index is 11.2. The molecule has 0 bridgehead atoms. The predicted molar refractivity (Wildman–Crippen MR) is 64.0 cm³/mol. The van der Waals surface area contributed by atoms with Crippen LogP contribution in [0.3, 0.4) is 0 Å². The van der Waals surface area contributed by atoms with Gasteiger partial charge in [-0.25, -0.2) is 19.4 Å². The first kappa shape index (κ1) is 10.9. The highest BCUT2D eigenvalue weighted by molar-refractivity contribution is 6.04. The van der Waals surface area contributed by atoms with Crippen LogP contribution in [-0.4, -0.2) is 30.8 Å². The molecule has 1 aliphatic carbocycles. The molecule has 2 heterocycles. The van der Waals surface area contributed by atoms with Crippen LogP contribution >= 0.6 is 0 Å². The van der Waals surface area contributed by atoms with Gasteiger partial charge in [0.25, 0.3) is 0 Å². The third-order valence-corrected chi connectivity index (χ3v) is 3.42. The lowest BCUT2D eigenvalue weighted by molar-refractivity contribution is 0.0691. The van der Waals surface area contributed by atoms with E-state index in [-0.39, 0.29) is 11.5 Å². The average Bonchev–Trinajstić information content (AvgIpc) is 2.64. The molecule has 3 rings (SSSR count). The maximum Gasteiger partial charge on any atom is 0.357 e. The van der Waals surface area contributed by atoms with Crippen LogP contribution in [0.5, 0.6) is 0 Å². The van der Waals surface area contributed by atoms with E-state index in [2.05, 4.69) is 15.1 Å². The predicted octanol–water partition coefficient (Wildman–Crippen LogP) is 0.907. The molecule has 0 saturated heterocycles. The third-order valence-electron chi connectivity index (χ3n) is 3.42. The topological polar surface area (TPSA) is 107 Å². The van der Waals surface area contributed by atoms with Crippen molar-refractivity contribution < 1.29 is 9.90 Å². The summed E-state index contributed by atoms with van der Waals surface area (Å²) in [6.45, 7) is 0.695. The fourth-order valence-corrected chi connectivity index (χ4v) is 2.23. The van der Waals surface area contributed by atoms with E-state index in [1.165, 1.54) is 12.7 Å².